The first-order chi connectivity index (χ1) is 19.4. The molecular weight excluding hydrogens is 506 g/mol. The molecule has 4 N–H and O–H groups in total. The summed E-state index contributed by atoms with van der Waals surface area (Å²) >= 11 is 0. The Kier molecular flexibility index (Phi) is 12.0. The largest absolute Gasteiger partial charge is 0.504 e. The fourth-order valence-electron chi connectivity index (χ4n) is 4.57. The Morgan fingerprint density at radius 1 is 0.900 bits per heavy atom. The maximum absolute atomic E-state index is 13.3. The lowest BCUT2D eigenvalue weighted by molar-refractivity contribution is 0.0755. The Morgan fingerprint density at radius 2 is 1.60 bits per heavy atom. The van der Waals surface area contributed by atoms with E-state index in [-0.39, 0.29) is 24.1 Å². The van der Waals surface area contributed by atoms with Gasteiger partial charge in [0.2, 0.25) is 0 Å². The third-order valence-electron chi connectivity index (χ3n) is 6.65. The van der Waals surface area contributed by atoms with E-state index >= 15 is 0 Å². The van der Waals surface area contributed by atoms with Crippen LogP contribution >= 0.6 is 0 Å². The molecular formula is C32H41N3O5. The van der Waals surface area contributed by atoms with Crippen LogP contribution in [0.1, 0.15) is 58.5 Å². The van der Waals surface area contributed by atoms with Crippen LogP contribution in [-0.4, -0.2) is 65.8 Å². The molecule has 0 unspecified atom stereocenters. The minimum atomic E-state index is -0.891. The van der Waals surface area contributed by atoms with E-state index in [9.17, 15) is 19.8 Å². The summed E-state index contributed by atoms with van der Waals surface area (Å²) in [5.74, 6) is -0.00173. The number of aliphatic hydroxyl groups excluding tert-OH is 1. The predicted molar refractivity (Wildman–Crippen MR) is 157 cm³/mol. The van der Waals surface area contributed by atoms with E-state index in [0.717, 1.165) is 24.0 Å². The van der Waals surface area contributed by atoms with Crippen LogP contribution in [0.2, 0.25) is 0 Å². The highest BCUT2D eigenvalue weighted by molar-refractivity contribution is 5.99. The van der Waals surface area contributed by atoms with Crippen molar-refractivity contribution in [1.29, 1.82) is 0 Å². The van der Waals surface area contributed by atoms with E-state index in [1.165, 1.54) is 7.11 Å². The molecule has 0 saturated carbocycles. The fraction of sp³-hybridized carbons (Fsp3) is 0.375. The summed E-state index contributed by atoms with van der Waals surface area (Å²) in [6, 6.07) is 20.9. The number of phenolic OH excluding ortho intramolecular Hbond substituents is 1. The van der Waals surface area contributed by atoms with Crippen LogP contribution in [0.5, 0.6) is 11.5 Å². The number of aromatic hydroxyl groups is 1. The summed E-state index contributed by atoms with van der Waals surface area (Å²) in [5.41, 5.74) is 2.70. The van der Waals surface area contributed by atoms with E-state index in [1.54, 1.807) is 42.5 Å². The minimum Gasteiger partial charge on any atom is -0.504 e. The molecule has 8 nitrogen and oxygen atoms in total. The van der Waals surface area contributed by atoms with Crippen LogP contribution in [0, 0.1) is 0 Å². The van der Waals surface area contributed by atoms with Gasteiger partial charge in [0, 0.05) is 37.3 Å². The van der Waals surface area contributed by atoms with Crippen molar-refractivity contribution >= 4 is 11.8 Å². The number of carbonyl (C=O) groups excluding carboxylic acids is 2. The number of hydrogen-bond donors (Lipinski definition) is 4. The number of ether oxygens (including phenoxy) is 1. The topological polar surface area (TPSA) is 111 Å². The van der Waals surface area contributed by atoms with Gasteiger partial charge >= 0.3 is 0 Å². The van der Waals surface area contributed by atoms with Crippen molar-refractivity contribution in [3.8, 4) is 11.5 Å². The second-order valence-electron chi connectivity index (χ2n) is 9.85. The molecule has 3 rings (SSSR count). The van der Waals surface area contributed by atoms with Gasteiger partial charge in [0.15, 0.2) is 11.5 Å². The fourth-order valence-corrected chi connectivity index (χ4v) is 4.57. The smallest absolute Gasteiger partial charge is 0.253 e. The van der Waals surface area contributed by atoms with Gasteiger partial charge in [0.25, 0.3) is 11.8 Å². The second-order valence-corrected chi connectivity index (χ2v) is 9.85. The molecule has 8 heteroatoms. The molecule has 0 aliphatic heterocycles. The van der Waals surface area contributed by atoms with E-state index < -0.39 is 12.1 Å². The molecule has 0 aromatic heterocycles. The molecule has 214 valence electrons. The second kappa shape index (κ2) is 15.6. The minimum absolute atomic E-state index is 0.0612. The molecule has 0 fully saturated rings. The molecule has 0 radical (unpaired) electrons. The first-order valence-corrected chi connectivity index (χ1v) is 13.8. The zero-order valence-electron chi connectivity index (χ0n) is 23.6. The number of rotatable bonds is 15. The summed E-state index contributed by atoms with van der Waals surface area (Å²) in [7, 11) is 1.49. The summed E-state index contributed by atoms with van der Waals surface area (Å²) in [6.45, 7) is 6.07. The van der Waals surface area contributed by atoms with Gasteiger partial charge < -0.3 is 30.5 Å². The van der Waals surface area contributed by atoms with Gasteiger partial charge in [0.05, 0.1) is 19.3 Å². The molecule has 0 aliphatic carbocycles. The number of carbonyl (C=O) groups is 2. The number of hydrogen-bond acceptors (Lipinski definition) is 6. The van der Waals surface area contributed by atoms with Crippen LogP contribution in [0.3, 0.4) is 0 Å². The first-order valence-electron chi connectivity index (χ1n) is 13.8. The number of aliphatic hydroxyl groups is 1. The molecule has 2 atom stereocenters. The quantitative estimate of drug-likeness (QED) is 0.228. The van der Waals surface area contributed by atoms with Crippen LogP contribution < -0.4 is 15.4 Å². The van der Waals surface area contributed by atoms with Crippen molar-refractivity contribution in [3.63, 3.8) is 0 Å². The Labute approximate surface area is 237 Å². The van der Waals surface area contributed by atoms with E-state index in [0.29, 0.717) is 42.9 Å². The molecule has 3 aromatic carbocycles. The van der Waals surface area contributed by atoms with E-state index in [1.807, 2.05) is 49.1 Å². The maximum Gasteiger partial charge on any atom is 0.253 e. The van der Waals surface area contributed by atoms with Crippen molar-refractivity contribution in [2.45, 2.75) is 51.8 Å². The molecule has 0 spiro atoms. The van der Waals surface area contributed by atoms with Crippen molar-refractivity contribution in [2.24, 2.45) is 0 Å². The van der Waals surface area contributed by atoms with E-state index in [2.05, 4.69) is 10.6 Å². The number of nitrogens with one attached hydrogen (secondary N) is 2. The van der Waals surface area contributed by atoms with Crippen LogP contribution in [0.4, 0.5) is 0 Å². The zero-order valence-corrected chi connectivity index (χ0v) is 23.6. The average Bonchev–Trinajstić information content (AvgIpc) is 2.97. The van der Waals surface area contributed by atoms with Crippen molar-refractivity contribution < 1.29 is 24.5 Å². The van der Waals surface area contributed by atoms with E-state index in [4.69, 9.17) is 4.74 Å². The third kappa shape index (κ3) is 8.83. The highest BCUT2D eigenvalue weighted by Crippen LogP contribution is 2.26. The Morgan fingerprint density at radius 3 is 2.27 bits per heavy atom. The van der Waals surface area contributed by atoms with Gasteiger partial charge in [-0.1, -0.05) is 56.3 Å². The Hall–Kier alpha value is -3.88. The lowest BCUT2D eigenvalue weighted by Gasteiger charge is -2.25. The highest BCUT2D eigenvalue weighted by atomic mass is 16.5. The van der Waals surface area contributed by atoms with Crippen molar-refractivity contribution in [3.05, 3.63) is 95.1 Å². The maximum atomic E-state index is 13.3. The van der Waals surface area contributed by atoms with Gasteiger partial charge in [0.1, 0.15) is 0 Å². The van der Waals surface area contributed by atoms with Crippen LogP contribution in [0.15, 0.2) is 72.8 Å². The molecule has 2 amide bonds. The molecule has 0 saturated heterocycles. The lowest BCUT2D eigenvalue weighted by Crippen LogP contribution is -2.48. The molecule has 0 bridgehead atoms. The number of nitrogens with zero attached hydrogens (tertiary/aromatic N) is 1. The first kappa shape index (κ1) is 30.7. The molecule has 3 aromatic rings. The van der Waals surface area contributed by atoms with Gasteiger partial charge in [-0.15, -0.1) is 0 Å². The normalized spacial score (nSPS) is 12.4. The molecule has 0 aliphatic rings. The SMILES string of the molecule is CCCN(CCC)C(=O)c1cccc(C(=O)N[C@@H](Cc2ccccc2)[C@H](O)CNCc2ccc(O)c(OC)c2)c1. The highest BCUT2D eigenvalue weighted by Gasteiger charge is 2.23. The number of amides is 2. The summed E-state index contributed by atoms with van der Waals surface area (Å²) in [5, 5.41) is 27.2. The lowest BCUT2D eigenvalue weighted by atomic mass is 10.00. The zero-order chi connectivity index (χ0) is 28.9. The van der Waals surface area contributed by atoms with Gasteiger partial charge in [-0.25, -0.2) is 0 Å². The van der Waals surface area contributed by atoms with Gasteiger partial charge in [-0.05, 0) is 60.7 Å². The van der Waals surface area contributed by atoms with Gasteiger partial charge in [-0.2, -0.15) is 0 Å². The van der Waals surface area contributed by atoms with Crippen molar-refractivity contribution in [2.75, 3.05) is 26.7 Å². The molecule has 0 heterocycles. The number of benzene rings is 3. The summed E-state index contributed by atoms with van der Waals surface area (Å²) in [6.07, 6.45) is 1.26. The predicted octanol–water partition coefficient (Wildman–Crippen LogP) is 4.15. The Bertz CT molecular complexity index is 1230. The summed E-state index contributed by atoms with van der Waals surface area (Å²) < 4.78 is 5.17. The monoisotopic (exact) mass is 547 g/mol. The average molecular weight is 548 g/mol. The number of phenols is 1. The summed E-state index contributed by atoms with van der Waals surface area (Å²) in [4.78, 5) is 28.2. The van der Waals surface area contributed by atoms with Gasteiger partial charge in [-0.3, -0.25) is 9.59 Å². The third-order valence-corrected chi connectivity index (χ3v) is 6.65. The van der Waals surface area contributed by atoms with Crippen LogP contribution in [0.25, 0.3) is 0 Å². The van der Waals surface area contributed by atoms with Crippen molar-refractivity contribution in [1.82, 2.24) is 15.5 Å². The Balaban J connectivity index is 1.71. The van der Waals surface area contributed by atoms with Crippen LogP contribution in [-0.2, 0) is 13.0 Å². The standard InChI is InChI=1S/C32H41N3O5/c1-4-16-35(17-5-2)32(39)26-13-9-12-25(20-26)31(38)34-27(18-23-10-7-6-8-11-23)29(37)22-33-21-24-14-15-28(36)30(19-24)40-3/h6-15,19-20,27,29,33,36-37H,4-5,16-18,21-22H2,1-3H3,(H,34,38)/t27-,29+/m0/s1. The number of methoxy groups -OCH3 is 1. The molecule has 40 heavy (non-hydrogen) atoms.